The number of ketones is 1. The number of fused-ring (bicyclic) bond motifs is 4. The van der Waals surface area contributed by atoms with E-state index in [4.69, 9.17) is 4.74 Å². The molecule has 6 aromatic carbocycles. The van der Waals surface area contributed by atoms with Gasteiger partial charge in [-0.15, -0.1) is 0 Å². The van der Waals surface area contributed by atoms with Gasteiger partial charge in [-0.2, -0.15) is 0 Å². The molecule has 0 radical (unpaired) electrons. The standard InChI is InChI=1S/C29H34O.C28H30O/c1-5-7-20-12-17-25-24-16-13-21(19-10-14-22(30-4)15-11-19)18-27(24)29(2,3)26-9-6-8-23(20)28(25)26;1-4-6-19-11-16-24-23-15-12-20(18-9-13-21(29)14-10-18)17-26(23)28(2,3)25-8-5-7-22(19)27(24)25/h6,8-9,12-13,16-19,22H,5,7,10-11,14-15H2,1-4H3;5,7-8,11-12,15-18H,4,6,9-10,13-14H2,1-3H3. The molecule has 0 aromatic heterocycles. The fourth-order valence-corrected chi connectivity index (χ4v) is 11.7. The van der Waals surface area contributed by atoms with E-state index in [1.165, 1.54) is 127 Å². The van der Waals surface area contributed by atoms with Crippen LogP contribution in [0.2, 0.25) is 0 Å². The second-order valence-corrected chi connectivity index (χ2v) is 19.4. The molecule has 0 unspecified atom stereocenters. The number of hydrogen-bond donors (Lipinski definition) is 0. The predicted molar refractivity (Wildman–Crippen MR) is 249 cm³/mol. The quantitative estimate of drug-likeness (QED) is 0.161. The van der Waals surface area contributed by atoms with Crippen LogP contribution < -0.4 is 0 Å². The molecule has 59 heavy (non-hydrogen) atoms. The Labute approximate surface area is 353 Å². The Hall–Kier alpha value is -4.53. The van der Waals surface area contributed by atoms with Crippen LogP contribution in [-0.2, 0) is 33.2 Å². The van der Waals surface area contributed by atoms with E-state index < -0.39 is 0 Å². The van der Waals surface area contributed by atoms with Gasteiger partial charge < -0.3 is 4.74 Å². The molecular weight excluding hydrogens is 717 g/mol. The molecule has 4 aliphatic carbocycles. The van der Waals surface area contributed by atoms with Crippen LogP contribution in [0.4, 0.5) is 0 Å². The van der Waals surface area contributed by atoms with Crippen molar-refractivity contribution in [2.45, 2.75) is 147 Å². The zero-order valence-corrected chi connectivity index (χ0v) is 36.8. The lowest BCUT2D eigenvalue weighted by molar-refractivity contribution is -0.120. The molecule has 0 amide bonds. The van der Waals surface area contributed by atoms with Crippen molar-refractivity contribution >= 4 is 27.3 Å². The monoisotopic (exact) mass is 780 g/mol. The second-order valence-electron chi connectivity index (χ2n) is 19.4. The zero-order valence-electron chi connectivity index (χ0n) is 36.8. The molecule has 0 spiro atoms. The number of carbonyl (C=O) groups excluding carboxylic acids is 1. The van der Waals surface area contributed by atoms with Crippen molar-refractivity contribution < 1.29 is 9.53 Å². The maximum atomic E-state index is 11.7. The van der Waals surface area contributed by atoms with Gasteiger partial charge in [0, 0.05) is 30.8 Å². The Morgan fingerprint density at radius 2 is 0.966 bits per heavy atom. The Morgan fingerprint density at radius 1 is 0.525 bits per heavy atom. The summed E-state index contributed by atoms with van der Waals surface area (Å²) in [4.78, 5) is 11.7. The van der Waals surface area contributed by atoms with E-state index in [1.54, 1.807) is 0 Å². The van der Waals surface area contributed by atoms with Gasteiger partial charge in [-0.05, 0) is 152 Å². The Bertz CT molecular complexity index is 2550. The first-order chi connectivity index (χ1) is 28.5. The highest BCUT2D eigenvalue weighted by Crippen LogP contribution is 2.52. The minimum absolute atomic E-state index is 0.0203. The molecule has 2 fully saturated rings. The normalized spacial score (nSPS) is 20.2. The van der Waals surface area contributed by atoms with Gasteiger partial charge in [0.05, 0.1) is 6.10 Å². The van der Waals surface area contributed by atoms with Crippen LogP contribution in [0.1, 0.15) is 162 Å². The number of hydrogen-bond acceptors (Lipinski definition) is 2. The number of Topliss-reactive ketones (excluding diaryl/α,β-unsaturated/α-hetero) is 1. The molecule has 4 aliphatic rings. The minimum Gasteiger partial charge on any atom is -0.381 e. The molecular formula is C57H64O2. The zero-order chi connectivity index (χ0) is 41.1. The molecule has 2 heteroatoms. The third kappa shape index (κ3) is 6.88. The minimum atomic E-state index is -0.0207. The molecule has 0 saturated heterocycles. The van der Waals surface area contributed by atoms with E-state index in [1.807, 2.05) is 7.11 Å². The Kier molecular flexibility index (Phi) is 10.7. The van der Waals surface area contributed by atoms with E-state index in [0.717, 1.165) is 38.5 Å². The lowest BCUT2D eigenvalue weighted by atomic mass is 9.67. The summed E-state index contributed by atoms with van der Waals surface area (Å²) in [5, 5.41) is 5.81. The molecule has 2 saturated carbocycles. The van der Waals surface area contributed by atoms with E-state index >= 15 is 0 Å². The van der Waals surface area contributed by atoms with E-state index in [2.05, 4.69) is 139 Å². The summed E-state index contributed by atoms with van der Waals surface area (Å²) >= 11 is 0. The van der Waals surface area contributed by atoms with Crippen molar-refractivity contribution in [1.29, 1.82) is 0 Å². The number of rotatable bonds is 7. The van der Waals surface area contributed by atoms with Crippen molar-refractivity contribution in [2.75, 3.05) is 7.11 Å². The number of ether oxygens (including phenoxy) is 1. The van der Waals surface area contributed by atoms with Crippen LogP contribution >= 0.6 is 0 Å². The number of methoxy groups -OCH3 is 1. The molecule has 304 valence electrons. The Balaban J connectivity index is 0.000000152. The molecule has 10 rings (SSSR count). The van der Waals surface area contributed by atoms with Crippen LogP contribution in [-0.4, -0.2) is 19.0 Å². The summed E-state index contributed by atoms with van der Waals surface area (Å²) < 4.78 is 5.60. The largest absolute Gasteiger partial charge is 0.381 e. The van der Waals surface area contributed by atoms with Gasteiger partial charge in [0.2, 0.25) is 0 Å². The average molecular weight is 781 g/mol. The van der Waals surface area contributed by atoms with Gasteiger partial charge in [-0.3, -0.25) is 4.79 Å². The summed E-state index contributed by atoms with van der Waals surface area (Å²) in [6, 6.07) is 37.8. The molecule has 0 N–H and O–H groups in total. The van der Waals surface area contributed by atoms with E-state index in [9.17, 15) is 4.79 Å². The first kappa shape index (κ1) is 39.9. The van der Waals surface area contributed by atoms with Gasteiger partial charge in [-0.25, -0.2) is 0 Å². The fraction of sp³-hybridized carbons (Fsp3) is 0.421. The lowest BCUT2D eigenvalue weighted by Gasteiger charge is -2.37. The first-order valence-electron chi connectivity index (χ1n) is 23.0. The first-order valence-corrected chi connectivity index (χ1v) is 23.0. The highest BCUT2D eigenvalue weighted by Gasteiger charge is 2.36. The van der Waals surface area contributed by atoms with Crippen molar-refractivity contribution in [3.8, 4) is 22.3 Å². The van der Waals surface area contributed by atoms with Crippen molar-refractivity contribution in [1.82, 2.24) is 0 Å². The van der Waals surface area contributed by atoms with Crippen LogP contribution in [0, 0.1) is 0 Å². The molecule has 6 aromatic rings. The van der Waals surface area contributed by atoms with E-state index in [-0.39, 0.29) is 10.8 Å². The third-order valence-corrected chi connectivity index (χ3v) is 15.2. The van der Waals surface area contributed by atoms with Crippen molar-refractivity contribution in [2.24, 2.45) is 0 Å². The Morgan fingerprint density at radius 3 is 1.41 bits per heavy atom. The molecule has 0 aliphatic heterocycles. The highest BCUT2D eigenvalue weighted by atomic mass is 16.5. The predicted octanol–water partition coefficient (Wildman–Crippen LogP) is 15.1. The van der Waals surface area contributed by atoms with Gasteiger partial charge in [0.25, 0.3) is 0 Å². The van der Waals surface area contributed by atoms with Crippen LogP contribution in [0.25, 0.3) is 43.8 Å². The number of benzene rings is 6. The van der Waals surface area contributed by atoms with Crippen LogP contribution in [0.15, 0.2) is 97.1 Å². The van der Waals surface area contributed by atoms with Gasteiger partial charge in [-0.1, -0.05) is 151 Å². The lowest BCUT2D eigenvalue weighted by Crippen LogP contribution is -2.25. The highest BCUT2D eigenvalue weighted by molar-refractivity contribution is 6.06. The summed E-state index contributed by atoms with van der Waals surface area (Å²) in [5.74, 6) is 1.63. The summed E-state index contributed by atoms with van der Waals surface area (Å²) in [7, 11) is 1.86. The second kappa shape index (κ2) is 15.8. The van der Waals surface area contributed by atoms with E-state index in [0.29, 0.717) is 23.7 Å². The van der Waals surface area contributed by atoms with Crippen LogP contribution in [0.5, 0.6) is 0 Å². The maximum absolute atomic E-state index is 11.7. The summed E-state index contributed by atoms with van der Waals surface area (Å²) in [6.45, 7) is 14.1. The van der Waals surface area contributed by atoms with Gasteiger partial charge >= 0.3 is 0 Å². The third-order valence-electron chi connectivity index (χ3n) is 15.2. The van der Waals surface area contributed by atoms with Crippen molar-refractivity contribution in [3.05, 3.63) is 142 Å². The number of carbonyl (C=O) groups is 1. The average Bonchev–Trinajstić information content (AvgIpc) is 3.26. The van der Waals surface area contributed by atoms with Gasteiger partial charge in [0.15, 0.2) is 0 Å². The summed E-state index contributed by atoms with van der Waals surface area (Å²) in [6.07, 6.45) is 13.4. The molecule has 0 bridgehead atoms. The number of aryl methyl sites for hydroxylation is 2. The summed E-state index contributed by atoms with van der Waals surface area (Å²) in [5.41, 5.74) is 17.4. The molecule has 0 atom stereocenters. The fourth-order valence-electron chi connectivity index (χ4n) is 11.7. The topological polar surface area (TPSA) is 26.3 Å². The van der Waals surface area contributed by atoms with Crippen molar-refractivity contribution in [3.63, 3.8) is 0 Å². The maximum Gasteiger partial charge on any atom is 0.132 e. The SMILES string of the molecule is CCCc1ccc2c3c(cccc13)C(C)(C)c1cc(C3CCC(=O)CC3)ccc1-2.CCCc1ccc2c3c(cccc13)C(C)(C)c1cc(C3CCC(OC)CC3)ccc1-2. The smallest absolute Gasteiger partial charge is 0.132 e. The van der Waals surface area contributed by atoms with Crippen LogP contribution in [0.3, 0.4) is 0 Å². The molecule has 0 heterocycles. The molecule has 2 nitrogen and oxygen atoms in total. The van der Waals surface area contributed by atoms with Gasteiger partial charge in [0.1, 0.15) is 5.78 Å².